The number of rotatable bonds is 1. The van der Waals surface area contributed by atoms with E-state index >= 15 is 0 Å². The standard InChI is InChI=1S/C10H12BrNO2/c11-6-1-2-8-9(12)4-7(5-13)14-10(8)3-6/h1-3,7,9,13H,4-5,12H2. The highest BCUT2D eigenvalue weighted by Crippen LogP contribution is 2.35. The summed E-state index contributed by atoms with van der Waals surface area (Å²) in [5.74, 6) is 0.775. The summed E-state index contributed by atoms with van der Waals surface area (Å²) >= 11 is 3.37. The van der Waals surface area contributed by atoms with Crippen LogP contribution >= 0.6 is 15.9 Å². The van der Waals surface area contributed by atoms with Crippen LogP contribution in [0.4, 0.5) is 0 Å². The third kappa shape index (κ3) is 1.78. The summed E-state index contributed by atoms with van der Waals surface area (Å²) in [6.45, 7) is 0.0135. The molecule has 2 rings (SSSR count). The average Bonchev–Trinajstić information content (AvgIpc) is 2.16. The van der Waals surface area contributed by atoms with Crippen molar-refractivity contribution in [3.8, 4) is 5.75 Å². The van der Waals surface area contributed by atoms with Crippen LogP contribution in [-0.2, 0) is 0 Å². The van der Waals surface area contributed by atoms with Gasteiger partial charge in [-0.05, 0) is 12.1 Å². The third-order valence-corrected chi connectivity index (χ3v) is 2.88. The number of nitrogens with two attached hydrogens (primary N) is 1. The second-order valence-electron chi connectivity index (χ2n) is 3.45. The van der Waals surface area contributed by atoms with Gasteiger partial charge in [-0.1, -0.05) is 22.0 Å². The lowest BCUT2D eigenvalue weighted by Gasteiger charge is -2.29. The lowest BCUT2D eigenvalue weighted by molar-refractivity contribution is 0.0888. The number of benzene rings is 1. The average molecular weight is 258 g/mol. The smallest absolute Gasteiger partial charge is 0.125 e. The first-order valence-corrected chi connectivity index (χ1v) is 5.32. The quantitative estimate of drug-likeness (QED) is 0.804. The van der Waals surface area contributed by atoms with Crippen LogP contribution in [0.25, 0.3) is 0 Å². The van der Waals surface area contributed by atoms with Crippen molar-refractivity contribution in [2.45, 2.75) is 18.6 Å². The minimum Gasteiger partial charge on any atom is -0.488 e. The van der Waals surface area contributed by atoms with E-state index in [1.54, 1.807) is 0 Å². The number of aliphatic hydroxyl groups is 1. The monoisotopic (exact) mass is 257 g/mol. The van der Waals surface area contributed by atoms with Crippen LogP contribution in [0.3, 0.4) is 0 Å². The van der Waals surface area contributed by atoms with E-state index < -0.39 is 0 Å². The van der Waals surface area contributed by atoms with Crippen LogP contribution in [-0.4, -0.2) is 17.8 Å². The van der Waals surface area contributed by atoms with E-state index in [0.717, 1.165) is 15.8 Å². The Bertz CT molecular complexity index is 343. The molecular formula is C10H12BrNO2. The number of hydrogen-bond donors (Lipinski definition) is 2. The highest BCUT2D eigenvalue weighted by molar-refractivity contribution is 9.10. The molecule has 0 fully saturated rings. The summed E-state index contributed by atoms with van der Waals surface area (Å²) in [5, 5.41) is 9.01. The lowest BCUT2D eigenvalue weighted by atomic mass is 9.98. The van der Waals surface area contributed by atoms with E-state index in [4.69, 9.17) is 15.6 Å². The van der Waals surface area contributed by atoms with E-state index in [2.05, 4.69) is 15.9 Å². The number of aliphatic hydroxyl groups excluding tert-OH is 1. The minimum absolute atomic E-state index is 0.0135. The van der Waals surface area contributed by atoms with Crippen LogP contribution in [0.1, 0.15) is 18.0 Å². The zero-order valence-corrected chi connectivity index (χ0v) is 9.20. The summed E-state index contributed by atoms with van der Waals surface area (Å²) in [7, 11) is 0. The topological polar surface area (TPSA) is 55.5 Å². The van der Waals surface area contributed by atoms with Gasteiger partial charge in [0, 0.05) is 22.5 Å². The van der Waals surface area contributed by atoms with E-state index in [1.807, 2.05) is 18.2 Å². The summed E-state index contributed by atoms with van der Waals surface area (Å²) < 4.78 is 6.53. The van der Waals surface area contributed by atoms with E-state index in [9.17, 15) is 0 Å². The van der Waals surface area contributed by atoms with Crippen LogP contribution < -0.4 is 10.5 Å². The Kier molecular flexibility index (Phi) is 2.76. The van der Waals surface area contributed by atoms with Gasteiger partial charge in [0.1, 0.15) is 11.9 Å². The molecule has 1 aromatic rings. The molecule has 0 saturated carbocycles. The van der Waals surface area contributed by atoms with Gasteiger partial charge in [-0.25, -0.2) is 0 Å². The second-order valence-corrected chi connectivity index (χ2v) is 4.36. The highest BCUT2D eigenvalue weighted by Gasteiger charge is 2.25. The molecule has 2 atom stereocenters. The molecule has 1 heterocycles. The molecule has 14 heavy (non-hydrogen) atoms. The van der Waals surface area contributed by atoms with Crippen molar-refractivity contribution in [2.75, 3.05) is 6.61 Å². The predicted octanol–water partition coefficient (Wildman–Crippen LogP) is 1.59. The predicted molar refractivity (Wildman–Crippen MR) is 57.2 cm³/mol. The SMILES string of the molecule is NC1CC(CO)Oc2cc(Br)ccc21. The molecule has 3 N–H and O–H groups in total. The second kappa shape index (κ2) is 3.88. The van der Waals surface area contributed by atoms with Crippen molar-refractivity contribution in [3.63, 3.8) is 0 Å². The molecule has 4 heteroatoms. The first-order valence-electron chi connectivity index (χ1n) is 4.53. The maximum absolute atomic E-state index is 9.01. The van der Waals surface area contributed by atoms with Crippen LogP contribution in [0, 0.1) is 0 Å². The van der Waals surface area contributed by atoms with Gasteiger partial charge in [-0.2, -0.15) is 0 Å². The number of fused-ring (bicyclic) bond motifs is 1. The van der Waals surface area contributed by atoms with E-state index in [0.29, 0.717) is 6.42 Å². The van der Waals surface area contributed by atoms with Gasteiger partial charge < -0.3 is 15.6 Å². The Labute approximate surface area is 91.0 Å². The molecule has 0 radical (unpaired) electrons. The Hall–Kier alpha value is -0.580. The first kappa shape index (κ1) is 9.96. The Morgan fingerprint density at radius 3 is 3.07 bits per heavy atom. The van der Waals surface area contributed by atoms with Crippen LogP contribution in [0.15, 0.2) is 22.7 Å². The van der Waals surface area contributed by atoms with Crippen LogP contribution in [0.5, 0.6) is 5.75 Å². The fraction of sp³-hybridized carbons (Fsp3) is 0.400. The molecule has 1 aromatic carbocycles. The summed E-state index contributed by atoms with van der Waals surface area (Å²) in [4.78, 5) is 0. The van der Waals surface area contributed by atoms with Crippen molar-refractivity contribution in [1.29, 1.82) is 0 Å². The molecule has 0 spiro atoms. The van der Waals surface area contributed by atoms with Crippen molar-refractivity contribution < 1.29 is 9.84 Å². The lowest BCUT2D eigenvalue weighted by Crippen LogP contribution is -2.31. The van der Waals surface area contributed by atoms with Gasteiger partial charge in [0.25, 0.3) is 0 Å². The fourth-order valence-electron chi connectivity index (χ4n) is 1.67. The molecule has 0 saturated heterocycles. The van der Waals surface area contributed by atoms with E-state index in [-0.39, 0.29) is 18.8 Å². The molecule has 0 aromatic heterocycles. The molecule has 0 amide bonds. The minimum atomic E-state index is -0.174. The Balaban J connectivity index is 2.35. The Morgan fingerprint density at radius 2 is 2.36 bits per heavy atom. The van der Waals surface area contributed by atoms with Gasteiger partial charge in [0.2, 0.25) is 0 Å². The highest BCUT2D eigenvalue weighted by atomic mass is 79.9. The molecule has 2 unspecified atom stereocenters. The van der Waals surface area contributed by atoms with Gasteiger partial charge in [-0.3, -0.25) is 0 Å². The van der Waals surface area contributed by atoms with Crippen molar-refractivity contribution in [3.05, 3.63) is 28.2 Å². The molecule has 1 aliphatic rings. The maximum atomic E-state index is 9.01. The Morgan fingerprint density at radius 1 is 1.57 bits per heavy atom. The van der Waals surface area contributed by atoms with Gasteiger partial charge >= 0.3 is 0 Å². The molecule has 76 valence electrons. The normalized spacial score (nSPS) is 25.4. The van der Waals surface area contributed by atoms with Crippen LogP contribution in [0.2, 0.25) is 0 Å². The number of ether oxygens (including phenoxy) is 1. The van der Waals surface area contributed by atoms with Crippen molar-refractivity contribution >= 4 is 15.9 Å². The summed E-state index contributed by atoms with van der Waals surface area (Å²) in [6, 6.07) is 5.75. The fourth-order valence-corrected chi connectivity index (χ4v) is 2.01. The zero-order chi connectivity index (χ0) is 10.1. The van der Waals surface area contributed by atoms with Crippen molar-refractivity contribution in [1.82, 2.24) is 0 Å². The summed E-state index contributed by atoms with van der Waals surface area (Å²) in [5.41, 5.74) is 6.97. The van der Waals surface area contributed by atoms with Gasteiger partial charge in [-0.15, -0.1) is 0 Å². The number of halogens is 1. The molecule has 3 nitrogen and oxygen atoms in total. The molecule has 0 bridgehead atoms. The molecular weight excluding hydrogens is 246 g/mol. The first-order chi connectivity index (χ1) is 6.70. The van der Waals surface area contributed by atoms with Gasteiger partial charge in [0.05, 0.1) is 6.61 Å². The molecule has 0 aliphatic carbocycles. The number of hydrogen-bond acceptors (Lipinski definition) is 3. The maximum Gasteiger partial charge on any atom is 0.125 e. The molecule has 1 aliphatic heterocycles. The van der Waals surface area contributed by atoms with Crippen molar-refractivity contribution in [2.24, 2.45) is 5.73 Å². The summed E-state index contributed by atoms with van der Waals surface area (Å²) in [6.07, 6.45) is 0.497. The third-order valence-electron chi connectivity index (χ3n) is 2.39. The van der Waals surface area contributed by atoms with E-state index in [1.165, 1.54) is 0 Å². The largest absolute Gasteiger partial charge is 0.488 e. The zero-order valence-electron chi connectivity index (χ0n) is 7.61. The van der Waals surface area contributed by atoms with Gasteiger partial charge in [0.15, 0.2) is 0 Å².